The number of likely N-dealkylation sites (tertiary alicyclic amines) is 1. The quantitative estimate of drug-likeness (QED) is 0.310. The lowest BCUT2D eigenvalue weighted by Gasteiger charge is -2.36. The Hall–Kier alpha value is -3.89. The summed E-state index contributed by atoms with van der Waals surface area (Å²) in [7, 11) is -4.14. The summed E-state index contributed by atoms with van der Waals surface area (Å²) in [4.78, 5) is 70.5. The van der Waals surface area contributed by atoms with E-state index in [-0.39, 0.29) is 44.3 Å². The number of amides is 5. The number of alkyl halides is 2. The molecule has 13 nitrogen and oxygen atoms in total. The predicted molar refractivity (Wildman–Crippen MR) is 179 cm³/mol. The molecule has 6 rings (SSSR count). The van der Waals surface area contributed by atoms with Crippen molar-refractivity contribution >= 4 is 39.7 Å². The minimum atomic E-state index is -4.14. The van der Waals surface area contributed by atoms with Gasteiger partial charge in [0.2, 0.25) is 34.2 Å². The van der Waals surface area contributed by atoms with Gasteiger partial charge in [-0.15, -0.1) is 0 Å². The molecule has 0 bridgehead atoms. The maximum absolute atomic E-state index is 14.4. The minimum absolute atomic E-state index is 0.0599. The van der Waals surface area contributed by atoms with Gasteiger partial charge in [-0.05, 0) is 55.1 Å². The zero-order valence-electron chi connectivity index (χ0n) is 29.5. The highest BCUT2D eigenvalue weighted by molar-refractivity contribution is 7.91. The molecule has 52 heavy (non-hydrogen) atoms. The van der Waals surface area contributed by atoms with E-state index in [1.807, 2.05) is 4.72 Å². The van der Waals surface area contributed by atoms with Gasteiger partial charge < -0.3 is 20.3 Å². The molecule has 0 radical (unpaired) electrons. The lowest BCUT2D eigenvalue weighted by Crippen LogP contribution is -2.60. The number of carbonyl (C=O) groups excluding carboxylic acids is 5. The molecule has 17 heteroatoms. The number of halogens is 3. The molecule has 3 aliphatic carbocycles. The summed E-state index contributed by atoms with van der Waals surface area (Å²) in [6.07, 6.45) is -1.13. The van der Waals surface area contributed by atoms with Gasteiger partial charge in [-0.2, -0.15) is 0 Å². The first-order valence-corrected chi connectivity index (χ1v) is 19.4. The van der Waals surface area contributed by atoms with Crippen molar-refractivity contribution in [1.82, 2.24) is 25.2 Å². The van der Waals surface area contributed by atoms with Gasteiger partial charge in [0.1, 0.15) is 29.5 Å². The van der Waals surface area contributed by atoms with Crippen LogP contribution in [0, 0.1) is 23.1 Å². The predicted octanol–water partition coefficient (Wildman–Crippen LogP) is 3.11. The number of fused-ring (bicyclic) bond motifs is 1. The van der Waals surface area contributed by atoms with Crippen LogP contribution in [0.4, 0.5) is 18.0 Å². The van der Waals surface area contributed by atoms with Crippen LogP contribution in [-0.2, 0) is 47.0 Å². The Morgan fingerprint density at radius 2 is 1.73 bits per heavy atom. The molecular formula is C35H46F3N5O8S. The number of carbonyl (C=O) groups is 5. The van der Waals surface area contributed by atoms with Gasteiger partial charge >= 0.3 is 6.09 Å². The number of ether oxygens (including phenoxy) is 1. The Balaban J connectivity index is 1.23. The topological polar surface area (TPSA) is 171 Å². The van der Waals surface area contributed by atoms with Crippen LogP contribution in [0.5, 0.6) is 0 Å². The SMILES string of the molecule is CC(C)(C)[C@H](NC(=O)CC1CCCC1)C(=O)N1C[C@H](OC(=O)N2Cc3cccc(F)c3C2)CC1C(=O)N[C@@]1(C(=O)NS(=O)(=O)C2CC2)C[C@H]1C(F)F. The maximum atomic E-state index is 14.4. The third-order valence-corrected chi connectivity index (χ3v) is 12.8. The second-order valence-corrected chi connectivity index (χ2v) is 17.9. The Morgan fingerprint density at radius 3 is 2.33 bits per heavy atom. The van der Waals surface area contributed by atoms with E-state index in [1.54, 1.807) is 26.8 Å². The van der Waals surface area contributed by atoms with Crippen molar-refractivity contribution in [3.8, 4) is 0 Å². The van der Waals surface area contributed by atoms with Crippen LogP contribution in [0.25, 0.3) is 0 Å². The second-order valence-electron chi connectivity index (χ2n) is 16.0. The van der Waals surface area contributed by atoms with Crippen molar-refractivity contribution in [2.45, 2.75) is 127 Å². The molecule has 5 amide bonds. The molecular weight excluding hydrogens is 707 g/mol. The van der Waals surface area contributed by atoms with E-state index < -0.39 is 92.8 Å². The first-order chi connectivity index (χ1) is 24.4. The number of rotatable bonds is 11. The molecule has 1 saturated heterocycles. The number of nitrogens with zero attached hydrogens (tertiary/aromatic N) is 2. The zero-order chi connectivity index (χ0) is 37.7. The monoisotopic (exact) mass is 753 g/mol. The largest absolute Gasteiger partial charge is 0.444 e. The van der Waals surface area contributed by atoms with Crippen LogP contribution in [-0.4, -0.2) is 89.9 Å². The molecule has 4 fully saturated rings. The van der Waals surface area contributed by atoms with Crippen LogP contribution in [0.3, 0.4) is 0 Å². The Bertz CT molecular complexity index is 1730. The van der Waals surface area contributed by atoms with Gasteiger partial charge in [-0.25, -0.2) is 26.4 Å². The van der Waals surface area contributed by atoms with E-state index in [1.165, 1.54) is 17.0 Å². The number of nitrogens with one attached hydrogen (secondary N) is 3. The van der Waals surface area contributed by atoms with Crippen molar-refractivity contribution in [3.63, 3.8) is 0 Å². The molecule has 0 spiro atoms. The standard InChI is InChI=1S/C35H46F3N5O8S/c1-34(2,3)28(39-27(44)13-19-7-4-5-8-19)31(46)43-17-21(51-33(48)42-16-20-9-6-10-25(36)23(20)18-42)14-26(43)30(45)40-35(15-24(35)29(37)38)32(47)41-52(49,50)22-11-12-22/h6,9-10,19,21-22,24,26,28-29H,4-5,7-8,11-18H2,1-3H3,(H,39,44)(H,40,45)(H,41,47)/t21-,24+,26?,28-,35+/m1/s1. The fraction of sp³-hybridized carbons (Fsp3) is 0.686. The maximum Gasteiger partial charge on any atom is 0.410 e. The average Bonchev–Trinajstić information content (AvgIpc) is 3.87. The molecule has 3 saturated carbocycles. The first kappa shape index (κ1) is 37.9. The summed E-state index contributed by atoms with van der Waals surface area (Å²) in [6, 6.07) is 1.90. The molecule has 2 heterocycles. The molecule has 3 N–H and O–H groups in total. The number of hydrogen-bond donors (Lipinski definition) is 3. The van der Waals surface area contributed by atoms with Crippen molar-refractivity contribution in [1.29, 1.82) is 0 Å². The number of benzene rings is 1. The van der Waals surface area contributed by atoms with E-state index >= 15 is 0 Å². The van der Waals surface area contributed by atoms with Gasteiger partial charge in [0, 0.05) is 24.9 Å². The molecule has 286 valence electrons. The van der Waals surface area contributed by atoms with Crippen molar-refractivity contribution in [2.24, 2.45) is 17.3 Å². The van der Waals surface area contributed by atoms with Gasteiger partial charge in [-0.3, -0.25) is 28.8 Å². The Kier molecular flexibility index (Phi) is 10.3. The fourth-order valence-electron chi connectivity index (χ4n) is 7.65. The number of sulfonamides is 1. The van der Waals surface area contributed by atoms with E-state index in [4.69, 9.17) is 4.74 Å². The van der Waals surface area contributed by atoms with E-state index in [0.717, 1.165) is 30.6 Å². The lowest BCUT2D eigenvalue weighted by molar-refractivity contribution is -0.144. The van der Waals surface area contributed by atoms with Gasteiger partial charge in [0.25, 0.3) is 5.91 Å². The van der Waals surface area contributed by atoms with Gasteiger partial charge in [0.05, 0.1) is 24.3 Å². The van der Waals surface area contributed by atoms with E-state index in [9.17, 15) is 45.6 Å². The van der Waals surface area contributed by atoms with Gasteiger partial charge in [-0.1, -0.05) is 45.7 Å². The van der Waals surface area contributed by atoms with Crippen molar-refractivity contribution in [2.75, 3.05) is 6.54 Å². The van der Waals surface area contributed by atoms with Gasteiger partial charge in [0.15, 0.2) is 0 Å². The molecule has 1 aromatic rings. The summed E-state index contributed by atoms with van der Waals surface area (Å²) in [5, 5.41) is 4.36. The minimum Gasteiger partial charge on any atom is -0.444 e. The summed E-state index contributed by atoms with van der Waals surface area (Å²) >= 11 is 0. The smallest absolute Gasteiger partial charge is 0.410 e. The van der Waals surface area contributed by atoms with E-state index in [0.29, 0.717) is 24.0 Å². The van der Waals surface area contributed by atoms with Crippen LogP contribution < -0.4 is 15.4 Å². The van der Waals surface area contributed by atoms with Crippen LogP contribution >= 0.6 is 0 Å². The van der Waals surface area contributed by atoms with Crippen molar-refractivity contribution < 1.29 is 50.3 Å². The molecule has 5 aliphatic rings. The van der Waals surface area contributed by atoms with Crippen LogP contribution in [0.2, 0.25) is 0 Å². The first-order valence-electron chi connectivity index (χ1n) is 17.9. The van der Waals surface area contributed by atoms with Crippen molar-refractivity contribution in [3.05, 3.63) is 35.1 Å². The second kappa shape index (κ2) is 14.2. The highest BCUT2D eigenvalue weighted by atomic mass is 32.2. The van der Waals surface area contributed by atoms with Crippen LogP contribution in [0.1, 0.15) is 89.7 Å². The lowest BCUT2D eigenvalue weighted by atomic mass is 9.85. The summed E-state index contributed by atoms with van der Waals surface area (Å²) < 4.78 is 75.1. The summed E-state index contributed by atoms with van der Waals surface area (Å²) in [5.74, 6) is -5.30. The highest BCUT2D eigenvalue weighted by Crippen LogP contribution is 2.48. The van der Waals surface area contributed by atoms with E-state index in [2.05, 4.69) is 10.6 Å². The third kappa shape index (κ3) is 7.88. The molecule has 5 atom stereocenters. The third-order valence-electron chi connectivity index (χ3n) is 10.9. The summed E-state index contributed by atoms with van der Waals surface area (Å²) in [6.45, 7) is 4.90. The number of hydrogen-bond acceptors (Lipinski definition) is 8. The highest BCUT2D eigenvalue weighted by Gasteiger charge is 2.67. The van der Waals surface area contributed by atoms with Crippen LogP contribution in [0.15, 0.2) is 18.2 Å². The fourth-order valence-corrected chi connectivity index (χ4v) is 9.02. The Labute approximate surface area is 300 Å². The normalized spacial score (nSPS) is 26.6. The zero-order valence-corrected chi connectivity index (χ0v) is 30.3. The Morgan fingerprint density at radius 1 is 1.04 bits per heavy atom. The average molecular weight is 754 g/mol. The summed E-state index contributed by atoms with van der Waals surface area (Å²) in [5.41, 5.74) is -2.17. The molecule has 0 aromatic heterocycles. The molecule has 1 unspecified atom stereocenters. The molecule has 1 aromatic carbocycles. The molecule has 2 aliphatic heterocycles.